The first-order valence-electron chi connectivity index (χ1n) is 9.89. The monoisotopic (exact) mass is 350 g/mol. The Kier molecular flexibility index (Phi) is 5.56. The number of nitrogens with zero attached hydrogens (tertiary/aromatic N) is 2. The van der Waals surface area contributed by atoms with Crippen LogP contribution in [0.25, 0.3) is 0 Å². The number of piperidine rings is 1. The van der Waals surface area contributed by atoms with Crippen molar-refractivity contribution in [3.8, 4) is 0 Å². The Labute approximate surface area is 151 Å². The first-order valence-corrected chi connectivity index (χ1v) is 9.89. The van der Waals surface area contributed by atoms with E-state index >= 15 is 0 Å². The number of rotatable bonds is 4. The lowest BCUT2D eigenvalue weighted by molar-refractivity contribution is -0.188. The van der Waals surface area contributed by atoms with E-state index in [0.29, 0.717) is 30.4 Å². The van der Waals surface area contributed by atoms with Crippen molar-refractivity contribution >= 4 is 11.9 Å². The fraction of sp³-hybridized carbons (Fsp3) is 0.895. The lowest BCUT2D eigenvalue weighted by Crippen LogP contribution is -2.71. The summed E-state index contributed by atoms with van der Waals surface area (Å²) in [7, 11) is 0. The Balaban J connectivity index is 1.67. The van der Waals surface area contributed by atoms with E-state index in [1.807, 2.05) is 0 Å². The molecule has 6 nitrogen and oxygen atoms in total. The van der Waals surface area contributed by atoms with Crippen LogP contribution in [0.2, 0.25) is 0 Å². The molecule has 2 saturated heterocycles. The second kappa shape index (κ2) is 7.52. The van der Waals surface area contributed by atoms with Gasteiger partial charge in [-0.25, -0.2) is 0 Å². The lowest BCUT2D eigenvalue weighted by Gasteiger charge is -2.60. The number of hydrogen-bond donors (Lipinski definition) is 2. The predicted octanol–water partition coefficient (Wildman–Crippen LogP) is 1.74. The standard InChI is InChI=1S/C19H34N4O2/c1-4-21-18(23-9-5-7-13(12-23)11-15(20)24)22-16-14-8-6-10-25-17(14)19(16,2)3/h13-14,16-17H,4-12H2,1-3H3,(H2,20,24)(H,21,22). The minimum absolute atomic E-state index is 0.127. The third-order valence-electron chi connectivity index (χ3n) is 6.23. The fourth-order valence-corrected chi connectivity index (χ4v) is 5.05. The molecule has 3 rings (SSSR count). The van der Waals surface area contributed by atoms with Gasteiger partial charge in [-0.2, -0.15) is 0 Å². The Hall–Kier alpha value is -1.30. The third-order valence-corrected chi connectivity index (χ3v) is 6.23. The van der Waals surface area contributed by atoms with Gasteiger partial charge in [0.2, 0.25) is 5.91 Å². The average Bonchev–Trinajstić information content (AvgIpc) is 2.58. The Morgan fingerprint density at radius 3 is 2.88 bits per heavy atom. The van der Waals surface area contributed by atoms with Gasteiger partial charge in [0.05, 0.1) is 6.10 Å². The third kappa shape index (κ3) is 3.78. The summed E-state index contributed by atoms with van der Waals surface area (Å²) in [6, 6.07) is 0.402. The number of carbonyl (C=O) groups excluding carboxylic acids is 1. The summed E-state index contributed by atoms with van der Waals surface area (Å²) in [4.78, 5) is 18.4. The second-order valence-electron chi connectivity index (χ2n) is 8.46. The van der Waals surface area contributed by atoms with E-state index in [2.05, 4.69) is 31.0 Å². The SMILES string of the molecule is CCN=C(NC1C2CCCOC2C1(C)C)N1CCCC(CC(N)=O)C1. The van der Waals surface area contributed by atoms with Gasteiger partial charge in [0.15, 0.2) is 5.96 Å². The molecule has 0 spiro atoms. The largest absolute Gasteiger partial charge is 0.377 e. The molecule has 0 bridgehead atoms. The van der Waals surface area contributed by atoms with Crippen LogP contribution in [-0.2, 0) is 9.53 Å². The Morgan fingerprint density at radius 1 is 1.36 bits per heavy atom. The van der Waals surface area contributed by atoms with E-state index < -0.39 is 0 Å². The predicted molar refractivity (Wildman–Crippen MR) is 99.3 cm³/mol. The lowest BCUT2D eigenvalue weighted by atomic mass is 9.55. The minimum atomic E-state index is -0.198. The molecular formula is C19H34N4O2. The van der Waals surface area contributed by atoms with Crippen LogP contribution in [0.5, 0.6) is 0 Å². The van der Waals surface area contributed by atoms with Crippen LogP contribution in [0.3, 0.4) is 0 Å². The summed E-state index contributed by atoms with van der Waals surface area (Å²) in [5.41, 5.74) is 5.53. The van der Waals surface area contributed by atoms with Crippen LogP contribution in [0.15, 0.2) is 4.99 Å². The molecule has 0 aromatic carbocycles. The van der Waals surface area contributed by atoms with E-state index in [-0.39, 0.29) is 11.3 Å². The number of primary amides is 1. The van der Waals surface area contributed by atoms with Gasteiger partial charge < -0.3 is 20.7 Å². The molecule has 3 aliphatic rings. The van der Waals surface area contributed by atoms with Gasteiger partial charge in [-0.15, -0.1) is 0 Å². The molecule has 0 aromatic rings. The van der Waals surface area contributed by atoms with Crippen molar-refractivity contribution in [2.24, 2.45) is 28.0 Å². The normalized spacial score (nSPS) is 34.8. The highest BCUT2D eigenvalue weighted by molar-refractivity contribution is 5.81. The summed E-state index contributed by atoms with van der Waals surface area (Å²) < 4.78 is 6.03. The summed E-state index contributed by atoms with van der Waals surface area (Å²) in [6.45, 7) is 10.2. The molecule has 1 aliphatic carbocycles. The summed E-state index contributed by atoms with van der Waals surface area (Å²) >= 11 is 0. The van der Waals surface area contributed by atoms with Crippen molar-refractivity contribution in [1.82, 2.24) is 10.2 Å². The van der Waals surface area contributed by atoms with Crippen molar-refractivity contribution in [2.75, 3.05) is 26.2 Å². The van der Waals surface area contributed by atoms with Crippen molar-refractivity contribution < 1.29 is 9.53 Å². The maximum atomic E-state index is 11.3. The molecule has 142 valence electrons. The van der Waals surface area contributed by atoms with Crippen LogP contribution in [0.4, 0.5) is 0 Å². The summed E-state index contributed by atoms with van der Waals surface area (Å²) in [5.74, 6) is 1.72. The molecule has 2 heterocycles. The van der Waals surface area contributed by atoms with Gasteiger partial charge in [0.25, 0.3) is 0 Å². The number of aliphatic imine (C=N–C) groups is 1. The number of carbonyl (C=O) groups is 1. The zero-order chi connectivity index (χ0) is 18.0. The number of amides is 1. The van der Waals surface area contributed by atoms with Gasteiger partial charge in [-0.05, 0) is 38.5 Å². The number of nitrogens with two attached hydrogens (primary N) is 1. The molecule has 0 radical (unpaired) electrons. The van der Waals surface area contributed by atoms with Crippen molar-refractivity contribution in [1.29, 1.82) is 0 Å². The van der Waals surface area contributed by atoms with Gasteiger partial charge in [-0.1, -0.05) is 13.8 Å². The van der Waals surface area contributed by atoms with Gasteiger partial charge in [0.1, 0.15) is 0 Å². The quantitative estimate of drug-likeness (QED) is 0.598. The number of hydrogen-bond acceptors (Lipinski definition) is 3. The molecule has 2 aliphatic heterocycles. The van der Waals surface area contributed by atoms with Crippen LogP contribution in [0, 0.1) is 17.3 Å². The van der Waals surface area contributed by atoms with Crippen LogP contribution in [-0.4, -0.2) is 55.2 Å². The molecule has 25 heavy (non-hydrogen) atoms. The Morgan fingerprint density at radius 2 is 2.16 bits per heavy atom. The average molecular weight is 351 g/mol. The van der Waals surface area contributed by atoms with Gasteiger partial charge in [0, 0.05) is 50.0 Å². The molecule has 3 N–H and O–H groups in total. The number of likely N-dealkylation sites (tertiary alicyclic amines) is 1. The van der Waals surface area contributed by atoms with E-state index in [9.17, 15) is 4.79 Å². The molecule has 1 saturated carbocycles. The van der Waals surface area contributed by atoms with Crippen molar-refractivity contribution in [3.63, 3.8) is 0 Å². The summed E-state index contributed by atoms with van der Waals surface area (Å²) in [6.07, 6.45) is 5.39. The van der Waals surface area contributed by atoms with Crippen molar-refractivity contribution in [3.05, 3.63) is 0 Å². The first-order chi connectivity index (χ1) is 11.9. The number of fused-ring (bicyclic) bond motifs is 1. The second-order valence-corrected chi connectivity index (χ2v) is 8.46. The van der Waals surface area contributed by atoms with Gasteiger partial charge in [-0.3, -0.25) is 9.79 Å². The van der Waals surface area contributed by atoms with E-state index in [4.69, 9.17) is 15.5 Å². The van der Waals surface area contributed by atoms with E-state index in [0.717, 1.165) is 51.5 Å². The maximum absolute atomic E-state index is 11.3. The van der Waals surface area contributed by atoms with Gasteiger partial charge >= 0.3 is 0 Å². The van der Waals surface area contributed by atoms with Crippen molar-refractivity contribution in [2.45, 2.75) is 65.0 Å². The minimum Gasteiger partial charge on any atom is -0.377 e. The highest BCUT2D eigenvalue weighted by Crippen LogP contribution is 2.51. The van der Waals surface area contributed by atoms with Crippen LogP contribution >= 0.6 is 0 Å². The summed E-state index contributed by atoms with van der Waals surface area (Å²) in [5, 5.41) is 3.77. The van der Waals surface area contributed by atoms with Crippen LogP contribution in [0.1, 0.15) is 52.9 Å². The number of nitrogens with one attached hydrogen (secondary N) is 1. The van der Waals surface area contributed by atoms with E-state index in [1.165, 1.54) is 6.42 Å². The zero-order valence-corrected chi connectivity index (χ0v) is 16.0. The van der Waals surface area contributed by atoms with Crippen LogP contribution < -0.4 is 11.1 Å². The zero-order valence-electron chi connectivity index (χ0n) is 16.0. The smallest absolute Gasteiger partial charge is 0.217 e. The molecule has 4 unspecified atom stereocenters. The maximum Gasteiger partial charge on any atom is 0.217 e. The molecule has 1 amide bonds. The van der Waals surface area contributed by atoms with E-state index in [1.54, 1.807) is 0 Å². The molecule has 6 heteroatoms. The number of guanidine groups is 1. The molecule has 4 atom stereocenters. The fourth-order valence-electron chi connectivity index (χ4n) is 5.05. The highest BCUT2D eigenvalue weighted by Gasteiger charge is 2.58. The molecular weight excluding hydrogens is 316 g/mol. The molecule has 0 aromatic heterocycles. The first kappa shape index (κ1) is 18.5. The molecule has 3 fully saturated rings. The Bertz CT molecular complexity index is 520. The highest BCUT2D eigenvalue weighted by atomic mass is 16.5. The number of ether oxygens (including phenoxy) is 1. The topological polar surface area (TPSA) is 80.0 Å².